The van der Waals surface area contributed by atoms with Gasteiger partial charge >= 0.3 is 5.97 Å². The Morgan fingerprint density at radius 3 is 2.50 bits per heavy atom. The molecule has 0 heterocycles. The summed E-state index contributed by atoms with van der Waals surface area (Å²) < 4.78 is 1.06. The number of carbonyl (C=O) groups is 1. The van der Waals surface area contributed by atoms with E-state index in [2.05, 4.69) is 22.6 Å². The highest BCUT2D eigenvalue weighted by Crippen LogP contribution is 1.97. The fourth-order valence-electron chi connectivity index (χ4n) is 0.371. The van der Waals surface area contributed by atoms with Crippen LogP contribution in [0.4, 0.5) is 0 Å². The Hall–Kier alpha value is 0.200. The number of alkyl halides is 1. The number of hydrogen-bond donors (Lipinski definition) is 1. The van der Waals surface area contributed by atoms with Crippen LogP contribution in [-0.4, -0.2) is 15.5 Å². The molecule has 0 saturated carbocycles. The standard InChI is InChI=1S/C5H9IO2/c6-4-2-1-3-5(7)8/h1-4H2,(H,7,8). The van der Waals surface area contributed by atoms with Gasteiger partial charge in [-0.1, -0.05) is 22.6 Å². The van der Waals surface area contributed by atoms with E-state index >= 15 is 0 Å². The van der Waals surface area contributed by atoms with E-state index in [9.17, 15) is 4.79 Å². The zero-order valence-corrected chi connectivity index (χ0v) is 6.72. The molecule has 1 N–H and O–H groups in total. The predicted molar refractivity (Wildman–Crippen MR) is 40.4 cm³/mol. The Morgan fingerprint density at radius 1 is 1.50 bits per heavy atom. The van der Waals surface area contributed by atoms with Gasteiger partial charge in [-0.05, 0) is 17.3 Å². The second kappa shape index (κ2) is 5.34. The van der Waals surface area contributed by atoms with Crippen LogP contribution in [0, 0.1) is 0 Å². The van der Waals surface area contributed by atoms with Crippen LogP contribution >= 0.6 is 22.6 Å². The molecule has 0 fully saturated rings. The lowest BCUT2D eigenvalue weighted by atomic mass is 10.3. The van der Waals surface area contributed by atoms with E-state index in [-0.39, 0.29) is 0 Å². The molecule has 0 aliphatic carbocycles. The van der Waals surface area contributed by atoms with E-state index in [0.29, 0.717) is 6.42 Å². The highest BCUT2D eigenvalue weighted by atomic mass is 127. The quantitative estimate of drug-likeness (QED) is 0.451. The number of aliphatic carboxylic acids is 1. The summed E-state index contributed by atoms with van der Waals surface area (Å²) >= 11 is 2.24. The lowest BCUT2D eigenvalue weighted by molar-refractivity contribution is -0.137. The van der Waals surface area contributed by atoms with E-state index < -0.39 is 5.97 Å². The van der Waals surface area contributed by atoms with Crippen LogP contribution in [0.1, 0.15) is 19.3 Å². The molecule has 0 spiro atoms. The van der Waals surface area contributed by atoms with Crippen molar-refractivity contribution >= 4 is 28.6 Å². The molecule has 8 heavy (non-hydrogen) atoms. The summed E-state index contributed by atoms with van der Waals surface area (Å²) in [4.78, 5) is 9.87. The average molecular weight is 228 g/mol. The Labute approximate surface area is 62.4 Å². The maximum absolute atomic E-state index is 9.87. The molecule has 2 nitrogen and oxygen atoms in total. The summed E-state index contributed by atoms with van der Waals surface area (Å²) in [5.74, 6) is -0.685. The van der Waals surface area contributed by atoms with Crippen LogP contribution in [0.2, 0.25) is 0 Å². The highest BCUT2D eigenvalue weighted by molar-refractivity contribution is 14.1. The Balaban J connectivity index is 2.82. The molecule has 0 amide bonds. The summed E-state index contributed by atoms with van der Waals surface area (Å²) in [6.45, 7) is 0. The molecule has 0 atom stereocenters. The Morgan fingerprint density at radius 2 is 2.12 bits per heavy atom. The van der Waals surface area contributed by atoms with Gasteiger partial charge in [0.2, 0.25) is 0 Å². The molecular weight excluding hydrogens is 219 g/mol. The molecule has 3 heteroatoms. The molecule has 0 aliphatic heterocycles. The van der Waals surface area contributed by atoms with Gasteiger partial charge in [-0.15, -0.1) is 0 Å². The largest absolute Gasteiger partial charge is 0.481 e. The molecular formula is C5H9IO2. The predicted octanol–water partition coefficient (Wildman–Crippen LogP) is 1.68. The Bertz CT molecular complexity index is 72.8. The third-order valence-corrected chi connectivity index (χ3v) is 1.54. The van der Waals surface area contributed by atoms with Crippen molar-refractivity contribution in [2.45, 2.75) is 19.3 Å². The fourth-order valence-corrected chi connectivity index (χ4v) is 0.910. The summed E-state index contributed by atoms with van der Waals surface area (Å²) in [6, 6.07) is 0. The average Bonchev–Trinajstić information content (AvgIpc) is 1.66. The third-order valence-electron chi connectivity index (χ3n) is 0.774. The molecule has 0 aliphatic rings. The van der Waals surface area contributed by atoms with Crippen molar-refractivity contribution in [1.82, 2.24) is 0 Å². The van der Waals surface area contributed by atoms with Gasteiger partial charge in [0.25, 0.3) is 0 Å². The number of rotatable bonds is 4. The summed E-state index contributed by atoms with van der Waals surface area (Å²) in [7, 11) is 0. The van der Waals surface area contributed by atoms with Crippen LogP contribution < -0.4 is 0 Å². The van der Waals surface area contributed by atoms with Crippen LogP contribution in [0.3, 0.4) is 0 Å². The molecule has 0 aromatic rings. The lowest BCUT2D eigenvalue weighted by Gasteiger charge is -1.89. The van der Waals surface area contributed by atoms with Gasteiger partial charge in [-0.3, -0.25) is 4.79 Å². The minimum absolute atomic E-state index is 0.322. The smallest absolute Gasteiger partial charge is 0.303 e. The van der Waals surface area contributed by atoms with Crippen molar-refractivity contribution in [3.05, 3.63) is 0 Å². The molecule has 0 bridgehead atoms. The van der Waals surface area contributed by atoms with Crippen molar-refractivity contribution in [3.8, 4) is 0 Å². The monoisotopic (exact) mass is 228 g/mol. The van der Waals surface area contributed by atoms with Crippen LogP contribution in [0.15, 0.2) is 0 Å². The van der Waals surface area contributed by atoms with Gasteiger partial charge in [0.05, 0.1) is 0 Å². The van der Waals surface area contributed by atoms with Crippen molar-refractivity contribution in [3.63, 3.8) is 0 Å². The van der Waals surface area contributed by atoms with Gasteiger partial charge in [-0.25, -0.2) is 0 Å². The first-order valence-corrected chi connectivity index (χ1v) is 4.07. The first-order chi connectivity index (χ1) is 3.77. The highest BCUT2D eigenvalue weighted by Gasteiger charge is 1.93. The van der Waals surface area contributed by atoms with Crippen LogP contribution in [0.25, 0.3) is 0 Å². The molecule has 0 saturated heterocycles. The van der Waals surface area contributed by atoms with Crippen LogP contribution in [-0.2, 0) is 4.79 Å². The second-order valence-corrected chi connectivity index (χ2v) is 2.62. The van der Waals surface area contributed by atoms with E-state index in [1.807, 2.05) is 0 Å². The van der Waals surface area contributed by atoms with Gasteiger partial charge in [-0.2, -0.15) is 0 Å². The number of unbranched alkanes of at least 4 members (excludes halogenated alkanes) is 1. The van der Waals surface area contributed by atoms with Crippen molar-refractivity contribution < 1.29 is 9.90 Å². The summed E-state index contributed by atoms with van der Waals surface area (Å²) in [5, 5.41) is 8.14. The first kappa shape index (κ1) is 8.20. The SMILES string of the molecule is O=C(O)CCCCI. The van der Waals surface area contributed by atoms with Crippen molar-refractivity contribution in [2.75, 3.05) is 4.43 Å². The third kappa shape index (κ3) is 6.20. The fraction of sp³-hybridized carbons (Fsp3) is 0.800. The number of hydrogen-bond acceptors (Lipinski definition) is 1. The maximum Gasteiger partial charge on any atom is 0.303 e. The normalized spacial score (nSPS) is 9.12. The number of carboxylic acids is 1. The maximum atomic E-state index is 9.87. The van der Waals surface area contributed by atoms with Crippen LogP contribution in [0.5, 0.6) is 0 Å². The molecule has 0 aromatic heterocycles. The zero-order chi connectivity index (χ0) is 6.41. The minimum Gasteiger partial charge on any atom is -0.481 e. The Kier molecular flexibility index (Phi) is 5.47. The number of carboxylic acid groups (broad SMARTS) is 1. The zero-order valence-electron chi connectivity index (χ0n) is 4.56. The molecule has 0 aromatic carbocycles. The van der Waals surface area contributed by atoms with E-state index in [1.165, 1.54) is 0 Å². The van der Waals surface area contributed by atoms with Gasteiger partial charge in [0.15, 0.2) is 0 Å². The van der Waals surface area contributed by atoms with E-state index in [4.69, 9.17) is 5.11 Å². The van der Waals surface area contributed by atoms with Gasteiger partial charge < -0.3 is 5.11 Å². The van der Waals surface area contributed by atoms with Crippen molar-refractivity contribution in [2.24, 2.45) is 0 Å². The summed E-state index contributed by atoms with van der Waals surface area (Å²) in [6.07, 6.45) is 2.16. The first-order valence-electron chi connectivity index (χ1n) is 2.55. The molecule has 0 unspecified atom stereocenters. The minimum atomic E-state index is -0.685. The van der Waals surface area contributed by atoms with Gasteiger partial charge in [0.1, 0.15) is 0 Å². The van der Waals surface area contributed by atoms with Gasteiger partial charge in [0, 0.05) is 6.42 Å². The van der Waals surface area contributed by atoms with E-state index in [0.717, 1.165) is 17.3 Å². The van der Waals surface area contributed by atoms with Crippen molar-refractivity contribution in [1.29, 1.82) is 0 Å². The van der Waals surface area contributed by atoms with E-state index in [1.54, 1.807) is 0 Å². The molecule has 0 rings (SSSR count). The lowest BCUT2D eigenvalue weighted by Crippen LogP contribution is -1.93. The number of halogens is 1. The molecule has 0 radical (unpaired) electrons. The summed E-state index contributed by atoms with van der Waals surface area (Å²) in [5.41, 5.74) is 0. The second-order valence-electron chi connectivity index (χ2n) is 1.54. The topological polar surface area (TPSA) is 37.3 Å². The molecule has 48 valence electrons.